The zero-order valence-corrected chi connectivity index (χ0v) is 23.2. The first-order chi connectivity index (χ1) is 18.1. The van der Waals surface area contributed by atoms with E-state index in [4.69, 9.17) is 4.74 Å². The lowest BCUT2D eigenvalue weighted by Crippen LogP contribution is -2.16. The van der Waals surface area contributed by atoms with Gasteiger partial charge < -0.3 is 14.6 Å². The first-order valence-electron chi connectivity index (χ1n) is 13.5. The summed E-state index contributed by atoms with van der Waals surface area (Å²) in [6.07, 6.45) is 10.8. The Balaban J connectivity index is 1.52. The maximum absolute atomic E-state index is 13.0. The Bertz CT molecular complexity index is 1330. The van der Waals surface area contributed by atoms with Gasteiger partial charge in [0.15, 0.2) is 0 Å². The van der Waals surface area contributed by atoms with Gasteiger partial charge in [0.1, 0.15) is 12.4 Å². The third kappa shape index (κ3) is 7.30. The van der Waals surface area contributed by atoms with Crippen molar-refractivity contribution in [2.24, 2.45) is 13.0 Å². The number of nitrogens with zero attached hydrogens (tertiary/aromatic N) is 2. The highest BCUT2D eigenvalue weighted by Gasteiger charge is 2.16. The molecule has 1 atom stereocenters. The molecule has 4 aromatic rings. The van der Waals surface area contributed by atoms with Gasteiger partial charge in [0, 0.05) is 34.6 Å². The van der Waals surface area contributed by atoms with E-state index in [-0.39, 0.29) is 5.56 Å². The highest BCUT2D eigenvalue weighted by molar-refractivity contribution is 7.19. The molecule has 1 aromatic carbocycles. The lowest BCUT2D eigenvalue weighted by atomic mass is 9.95. The number of fused-ring (bicyclic) bond motifs is 1. The molecule has 37 heavy (non-hydrogen) atoms. The molecule has 0 saturated heterocycles. The fourth-order valence-electron chi connectivity index (χ4n) is 4.72. The first kappa shape index (κ1) is 27.1. The number of unbranched alkanes of at least 4 members (excludes halogenated alkanes) is 1. The van der Waals surface area contributed by atoms with Crippen molar-refractivity contribution in [2.75, 3.05) is 13.1 Å². The number of nitrogens with one attached hydrogen (secondary N) is 1. The third-order valence-corrected chi connectivity index (χ3v) is 8.06. The Hall–Kier alpha value is -2.96. The number of aryl methyl sites for hydroxylation is 1. The summed E-state index contributed by atoms with van der Waals surface area (Å²) in [4.78, 5) is 18.7. The van der Waals surface area contributed by atoms with Crippen LogP contribution in [-0.2, 0) is 20.1 Å². The number of ether oxygens (including phenoxy) is 1. The largest absolute Gasteiger partial charge is 0.487 e. The van der Waals surface area contributed by atoms with Crippen LogP contribution < -0.4 is 15.6 Å². The normalized spacial score (nSPS) is 12.2. The molecule has 0 aliphatic carbocycles. The molecule has 4 rings (SSSR count). The molecule has 0 spiro atoms. The summed E-state index contributed by atoms with van der Waals surface area (Å²) in [5.41, 5.74) is 3.09. The summed E-state index contributed by atoms with van der Waals surface area (Å²) < 4.78 is 8.80. The smallest absolute Gasteiger partial charge is 0.259 e. The van der Waals surface area contributed by atoms with Crippen LogP contribution in [0.2, 0.25) is 0 Å². The molecule has 0 amide bonds. The number of benzene rings is 1. The van der Waals surface area contributed by atoms with Crippen molar-refractivity contribution in [3.8, 4) is 16.9 Å². The van der Waals surface area contributed by atoms with Gasteiger partial charge in [-0.2, -0.15) is 0 Å². The molecule has 5 nitrogen and oxygen atoms in total. The Kier molecular flexibility index (Phi) is 9.92. The van der Waals surface area contributed by atoms with Crippen molar-refractivity contribution < 1.29 is 4.74 Å². The van der Waals surface area contributed by atoms with Crippen LogP contribution >= 0.6 is 11.3 Å². The monoisotopic (exact) mass is 517 g/mol. The molecule has 1 N–H and O–H groups in total. The van der Waals surface area contributed by atoms with Gasteiger partial charge in [-0.05, 0) is 74.2 Å². The number of thiophene rings is 1. The van der Waals surface area contributed by atoms with Gasteiger partial charge in [-0.25, -0.2) is 0 Å². The van der Waals surface area contributed by atoms with E-state index in [1.165, 1.54) is 30.6 Å². The summed E-state index contributed by atoms with van der Waals surface area (Å²) in [6, 6.07) is 16.1. The number of hydrogen-bond acceptors (Lipinski definition) is 5. The molecule has 0 aliphatic heterocycles. The molecule has 0 radical (unpaired) electrons. The minimum atomic E-state index is 0.0684. The van der Waals surface area contributed by atoms with E-state index in [1.54, 1.807) is 22.1 Å². The van der Waals surface area contributed by atoms with Crippen molar-refractivity contribution in [3.05, 3.63) is 81.8 Å². The maximum Gasteiger partial charge on any atom is 0.259 e. The second-order valence-corrected chi connectivity index (χ2v) is 10.9. The van der Waals surface area contributed by atoms with Crippen molar-refractivity contribution in [1.82, 2.24) is 14.9 Å². The van der Waals surface area contributed by atoms with Gasteiger partial charge in [0.25, 0.3) is 5.56 Å². The molecular formula is C31H39N3O2S. The Morgan fingerprint density at radius 2 is 1.97 bits per heavy atom. The van der Waals surface area contributed by atoms with E-state index in [0.717, 1.165) is 58.6 Å². The van der Waals surface area contributed by atoms with Gasteiger partial charge in [0.2, 0.25) is 0 Å². The van der Waals surface area contributed by atoms with Gasteiger partial charge in [-0.3, -0.25) is 9.78 Å². The van der Waals surface area contributed by atoms with Crippen LogP contribution in [0, 0.1) is 5.92 Å². The summed E-state index contributed by atoms with van der Waals surface area (Å²) in [6.45, 7) is 7.13. The second kappa shape index (κ2) is 13.5. The van der Waals surface area contributed by atoms with E-state index >= 15 is 0 Å². The lowest BCUT2D eigenvalue weighted by molar-refractivity contribution is 0.301. The molecule has 196 valence electrons. The number of hydrogen-bond donors (Lipinski definition) is 1. The van der Waals surface area contributed by atoms with Crippen LogP contribution in [0.5, 0.6) is 5.75 Å². The summed E-state index contributed by atoms with van der Waals surface area (Å²) >= 11 is 1.78. The van der Waals surface area contributed by atoms with Crippen LogP contribution in [0.25, 0.3) is 21.2 Å². The lowest BCUT2D eigenvalue weighted by Gasteiger charge is -2.13. The SMILES string of the molecule is CCCNCCCCC(CC)Cc1cc2c(=O)n(C)cc(-c3cccc(OCc4ccccn4)c3)c2s1. The van der Waals surface area contributed by atoms with Crippen LogP contribution in [-0.4, -0.2) is 22.6 Å². The van der Waals surface area contributed by atoms with Crippen LogP contribution in [0.15, 0.2) is 65.7 Å². The average Bonchev–Trinajstić information content (AvgIpc) is 3.35. The van der Waals surface area contributed by atoms with E-state index in [1.807, 2.05) is 43.6 Å². The van der Waals surface area contributed by atoms with Gasteiger partial charge >= 0.3 is 0 Å². The third-order valence-electron chi connectivity index (χ3n) is 6.87. The fourth-order valence-corrected chi connectivity index (χ4v) is 6.02. The minimum Gasteiger partial charge on any atom is -0.487 e. The van der Waals surface area contributed by atoms with Gasteiger partial charge in [-0.15, -0.1) is 11.3 Å². The molecule has 0 aliphatic rings. The van der Waals surface area contributed by atoms with Crippen molar-refractivity contribution in [3.63, 3.8) is 0 Å². The summed E-state index contributed by atoms with van der Waals surface area (Å²) in [5.74, 6) is 1.44. The van der Waals surface area contributed by atoms with Crippen LogP contribution in [0.4, 0.5) is 0 Å². The van der Waals surface area contributed by atoms with Crippen molar-refractivity contribution in [2.45, 2.75) is 59.0 Å². The molecule has 0 fully saturated rings. The van der Waals surface area contributed by atoms with Crippen LogP contribution in [0.1, 0.15) is 56.5 Å². The minimum absolute atomic E-state index is 0.0684. The molecule has 1 unspecified atom stereocenters. The molecule has 6 heteroatoms. The van der Waals surface area contributed by atoms with Crippen molar-refractivity contribution >= 4 is 21.4 Å². The van der Waals surface area contributed by atoms with Crippen molar-refractivity contribution in [1.29, 1.82) is 0 Å². The zero-order chi connectivity index (χ0) is 26.0. The Morgan fingerprint density at radius 1 is 1.08 bits per heavy atom. The predicted octanol–water partition coefficient (Wildman–Crippen LogP) is 6.98. The first-order valence-corrected chi connectivity index (χ1v) is 14.4. The Morgan fingerprint density at radius 3 is 2.76 bits per heavy atom. The number of aromatic nitrogens is 2. The van der Waals surface area contributed by atoms with Gasteiger partial charge in [-0.1, -0.05) is 51.3 Å². The topological polar surface area (TPSA) is 56.2 Å². The van der Waals surface area contributed by atoms with E-state index < -0.39 is 0 Å². The molecule has 3 heterocycles. The molecular weight excluding hydrogens is 478 g/mol. The average molecular weight is 518 g/mol. The van der Waals surface area contributed by atoms with E-state index in [9.17, 15) is 4.79 Å². The predicted molar refractivity (Wildman–Crippen MR) is 156 cm³/mol. The summed E-state index contributed by atoms with van der Waals surface area (Å²) in [7, 11) is 1.84. The summed E-state index contributed by atoms with van der Waals surface area (Å²) in [5, 5.41) is 4.32. The van der Waals surface area contributed by atoms with Gasteiger partial charge in [0.05, 0.1) is 11.1 Å². The van der Waals surface area contributed by atoms with Crippen LogP contribution in [0.3, 0.4) is 0 Å². The highest BCUT2D eigenvalue weighted by atomic mass is 32.1. The van der Waals surface area contributed by atoms with E-state index in [2.05, 4.69) is 42.3 Å². The second-order valence-electron chi connectivity index (χ2n) is 9.78. The Labute approximate surface area is 224 Å². The fraction of sp³-hybridized carbons (Fsp3) is 0.419. The standard InChI is InChI=1S/C31H39N3O2S/c1-4-15-32-16-8-6-11-23(5-2)18-27-20-28-30(37-27)29(21-34(3)31(28)35)24-12-10-14-26(19-24)36-22-25-13-7-9-17-33-25/h7,9-10,12-14,17,19-21,23,32H,4-6,8,11,15-16,18,22H2,1-3H3. The quantitative estimate of drug-likeness (QED) is 0.183. The maximum atomic E-state index is 13.0. The molecule has 0 bridgehead atoms. The zero-order valence-electron chi connectivity index (χ0n) is 22.3. The van der Waals surface area contributed by atoms with E-state index in [0.29, 0.717) is 12.5 Å². The number of rotatable bonds is 14. The highest BCUT2D eigenvalue weighted by Crippen LogP contribution is 2.36. The number of pyridine rings is 2. The molecule has 3 aromatic heterocycles. The molecule has 0 saturated carbocycles.